The average Bonchev–Trinajstić information content (AvgIpc) is 2.42. The molecule has 1 saturated carbocycles. The summed E-state index contributed by atoms with van der Waals surface area (Å²) < 4.78 is 0. The highest BCUT2D eigenvalue weighted by Gasteiger charge is 2.13. The standard InChI is InChI=1S/C14H19ClN2OS/c15-11-6-7-13(18)12(8-11)17-14(19)16-9-10-4-2-1-3-5-10/h6-8,10,18H,1-5,9H2,(H2,16,17,19). The second-order valence-electron chi connectivity index (χ2n) is 5.00. The molecule has 0 atom stereocenters. The summed E-state index contributed by atoms with van der Waals surface area (Å²) in [6.45, 7) is 0.896. The molecule has 0 amide bonds. The molecular weight excluding hydrogens is 280 g/mol. The lowest BCUT2D eigenvalue weighted by atomic mass is 9.89. The Morgan fingerprint density at radius 1 is 1.32 bits per heavy atom. The second-order valence-corrected chi connectivity index (χ2v) is 5.85. The first-order chi connectivity index (χ1) is 9.15. The maximum Gasteiger partial charge on any atom is 0.170 e. The Morgan fingerprint density at radius 2 is 2.05 bits per heavy atom. The molecule has 1 aromatic carbocycles. The first-order valence-corrected chi connectivity index (χ1v) is 7.47. The van der Waals surface area contributed by atoms with Crippen molar-refractivity contribution in [3.05, 3.63) is 23.2 Å². The molecule has 0 bridgehead atoms. The number of hydrogen-bond acceptors (Lipinski definition) is 2. The van der Waals surface area contributed by atoms with Gasteiger partial charge in [0, 0.05) is 11.6 Å². The molecule has 0 spiro atoms. The molecule has 1 fully saturated rings. The zero-order valence-electron chi connectivity index (χ0n) is 10.8. The van der Waals surface area contributed by atoms with Crippen molar-refractivity contribution in [3.63, 3.8) is 0 Å². The van der Waals surface area contributed by atoms with Crippen LogP contribution in [-0.2, 0) is 0 Å². The number of anilines is 1. The smallest absolute Gasteiger partial charge is 0.170 e. The Labute approximate surface area is 124 Å². The van der Waals surface area contributed by atoms with Crippen molar-refractivity contribution >= 4 is 34.6 Å². The van der Waals surface area contributed by atoms with E-state index in [1.807, 2.05) is 0 Å². The fourth-order valence-corrected chi connectivity index (χ4v) is 2.77. The van der Waals surface area contributed by atoms with Crippen molar-refractivity contribution in [1.29, 1.82) is 0 Å². The fourth-order valence-electron chi connectivity index (χ4n) is 2.40. The lowest BCUT2D eigenvalue weighted by molar-refractivity contribution is 0.357. The van der Waals surface area contributed by atoms with Crippen LogP contribution in [0.5, 0.6) is 5.75 Å². The highest BCUT2D eigenvalue weighted by molar-refractivity contribution is 7.80. The van der Waals surface area contributed by atoms with Gasteiger partial charge in [-0.05, 0) is 49.2 Å². The summed E-state index contributed by atoms with van der Waals surface area (Å²) in [7, 11) is 0. The maximum atomic E-state index is 9.69. The molecule has 0 aromatic heterocycles. The molecule has 2 rings (SSSR count). The molecule has 0 saturated heterocycles. The van der Waals surface area contributed by atoms with Crippen LogP contribution >= 0.6 is 23.8 Å². The van der Waals surface area contributed by atoms with Gasteiger partial charge in [0.05, 0.1) is 5.69 Å². The summed E-state index contributed by atoms with van der Waals surface area (Å²) in [5.41, 5.74) is 0.536. The van der Waals surface area contributed by atoms with Crippen LogP contribution in [0.4, 0.5) is 5.69 Å². The van der Waals surface area contributed by atoms with E-state index in [1.165, 1.54) is 32.1 Å². The minimum atomic E-state index is 0.145. The first kappa shape index (κ1) is 14.4. The Bertz CT molecular complexity index is 447. The molecule has 3 nitrogen and oxygen atoms in total. The van der Waals surface area contributed by atoms with E-state index >= 15 is 0 Å². The molecule has 0 aliphatic heterocycles. The number of phenols is 1. The number of halogens is 1. The topological polar surface area (TPSA) is 44.3 Å². The van der Waals surface area contributed by atoms with E-state index in [-0.39, 0.29) is 5.75 Å². The van der Waals surface area contributed by atoms with Crippen molar-refractivity contribution in [2.75, 3.05) is 11.9 Å². The van der Waals surface area contributed by atoms with E-state index < -0.39 is 0 Å². The van der Waals surface area contributed by atoms with E-state index in [2.05, 4.69) is 10.6 Å². The molecule has 1 aromatic rings. The van der Waals surface area contributed by atoms with Crippen molar-refractivity contribution in [2.45, 2.75) is 32.1 Å². The van der Waals surface area contributed by atoms with E-state index in [9.17, 15) is 5.11 Å². The van der Waals surface area contributed by atoms with Gasteiger partial charge in [0.25, 0.3) is 0 Å². The largest absolute Gasteiger partial charge is 0.506 e. The number of aromatic hydroxyl groups is 1. The number of rotatable bonds is 3. The van der Waals surface area contributed by atoms with Crippen molar-refractivity contribution < 1.29 is 5.11 Å². The van der Waals surface area contributed by atoms with Crippen molar-refractivity contribution in [2.24, 2.45) is 5.92 Å². The summed E-state index contributed by atoms with van der Waals surface area (Å²) in [6, 6.07) is 4.85. The van der Waals surface area contributed by atoms with Crippen molar-refractivity contribution in [1.82, 2.24) is 5.32 Å². The molecule has 1 aliphatic carbocycles. The summed E-state index contributed by atoms with van der Waals surface area (Å²) in [5, 5.41) is 17.0. The van der Waals surface area contributed by atoms with Gasteiger partial charge in [-0.3, -0.25) is 0 Å². The highest BCUT2D eigenvalue weighted by atomic mass is 35.5. The molecular formula is C14H19ClN2OS. The molecule has 0 radical (unpaired) electrons. The van der Waals surface area contributed by atoms with Gasteiger partial charge in [-0.2, -0.15) is 0 Å². The number of hydrogen-bond donors (Lipinski definition) is 3. The molecule has 104 valence electrons. The van der Waals surface area contributed by atoms with Crippen LogP contribution in [0.2, 0.25) is 5.02 Å². The predicted octanol–water partition coefficient (Wildman–Crippen LogP) is 3.91. The van der Waals surface area contributed by atoms with Crippen LogP contribution in [0.15, 0.2) is 18.2 Å². The predicted molar refractivity (Wildman–Crippen MR) is 83.9 cm³/mol. The minimum Gasteiger partial charge on any atom is -0.506 e. The Morgan fingerprint density at radius 3 is 2.79 bits per heavy atom. The van der Waals surface area contributed by atoms with Crippen molar-refractivity contribution in [3.8, 4) is 5.75 Å². The summed E-state index contributed by atoms with van der Waals surface area (Å²) in [4.78, 5) is 0. The van der Waals surface area contributed by atoms with Gasteiger partial charge in [-0.1, -0.05) is 30.9 Å². The van der Waals surface area contributed by atoms with Crippen LogP contribution in [0, 0.1) is 5.92 Å². The highest BCUT2D eigenvalue weighted by Crippen LogP contribution is 2.26. The van der Waals surface area contributed by atoms with E-state index in [0.717, 1.165) is 6.54 Å². The van der Waals surface area contributed by atoms with Crippen LogP contribution in [0.3, 0.4) is 0 Å². The van der Waals surface area contributed by atoms with Crippen LogP contribution in [0.25, 0.3) is 0 Å². The average molecular weight is 299 g/mol. The third-order valence-electron chi connectivity index (χ3n) is 3.48. The third-order valence-corrected chi connectivity index (χ3v) is 3.96. The zero-order chi connectivity index (χ0) is 13.7. The molecule has 5 heteroatoms. The van der Waals surface area contributed by atoms with Gasteiger partial charge in [0.1, 0.15) is 5.75 Å². The molecule has 0 unspecified atom stereocenters. The van der Waals surface area contributed by atoms with E-state index in [0.29, 0.717) is 21.7 Å². The second kappa shape index (κ2) is 6.96. The minimum absolute atomic E-state index is 0.145. The van der Waals surface area contributed by atoms with Crippen LogP contribution in [-0.4, -0.2) is 16.8 Å². The fraction of sp³-hybridized carbons (Fsp3) is 0.500. The molecule has 3 N–H and O–H groups in total. The van der Waals surface area contributed by atoms with Gasteiger partial charge in [-0.15, -0.1) is 0 Å². The maximum absolute atomic E-state index is 9.69. The van der Waals surface area contributed by atoms with E-state index in [1.54, 1.807) is 18.2 Å². The quantitative estimate of drug-likeness (QED) is 0.585. The normalized spacial score (nSPS) is 16.1. The van der Waals surface area contributed by atoms with E-state index in [4.69, 9.17) is 23.8 Å². The lowest BCUT2D eigenvalue weighted by Gasteiger charge is -2.22. The third kappa shape index (κ3) is 4.55. The van der Waals surface area contributed by atoms with Gasteiger partial charge in [0.2, 0.25) is 0 Å². The number of thiocarbonyl (C=S) groups is 1. The van der Waals surface area contributed by atoms with Gasteiger partial charge in [0.15, 0.2) is 5.11 Å². The van der Waals surface area contributed by atoms with Gasteiger partial charge < -0.3 is 15.7 Å². The van der Waals surface area contributed by atoms with Crippen LogP contribution < -0.4 is 10.6 Å². The van der Waals surface area contributed by atoms with Gasteiger partial charge in [-0.25, -0.2) is 0 Å². The van der Waals surface area contributed by atoms with Gasteiger partial charge >= 0.3 is 0 Å². The van der Waals surface area contributed by atoms with Crippen LogP contribution in [0.1, 0.15) is 32.1 Å². The molecule has 19 heavy (non-hydrogen) atoms. The first-order valence-electron chi connectivity index (χ1n) is 6.68. The monoisotopic (exact) mass is 298 g/mol. The molecule has 0 heterocycles. The summed E-state index contributed by atoms with van der Waals surface area (Å²) in [6.07, 6.45) is 6.55. The molecule has 1 aliphatic rings. The summed E-state index contributed by atoms with van der Waals surface area (Å²) in [5.74, 6) is 0.854. The summed E-state index contributed by atoms with van der Waals surface area (Å²) >= 11 is 11.1. The Kier molecular flexibility index (Phi) is 5.28. The Balaban J connectivity index is 1.81. The number of nitrogens with one attached hydrogen (secondary N) is 2. The number of phenolic OH excluding ortho intramolecular Hbond substituents is 1. The zero-order valence-corrected chi connectivity index (χ0v) is 12.4. The SMILES string of the molecule is Oc1ccc(Cl)cc1NC(=S)NCC1CCCCC1. The lowest BCUT2D eigenvalue weighted by Crippen LogP contribution is -2.33. The Hall–Kier alpha value is -1.00. The number of benzene rings is 1.